The zero-order valence-electron chi connectivity index (χ0n) is 14.6. The van der Waals surface area contributed by atoms with Gasteiger partial charge in [0.1, 0.15) is 23.3 Å². The van der Waals surface area contributed by atoms with Crippen LogP contribution in [0.15, 0.2) is 47.5 Å². The van der Waals surface area contributed by atoms with E-state index < -0.39 is 0 Å². The second kappa shape index (κ2) is 8.36. The van der Waals surface area contributed by atoms with E-state index >= 15 is 0 Å². The van der Waals surface area contributed by atoms with Crippen molar-refractivity contribution in [2.24, 2.45) is 4.99 Å². The van der Waals surface area contributed by atoms with Crippen LogP contribution in [0, 0.1) is 0 Å². The molecule has 1 atom stereocenters. The summed E-state index contributed by atoms with van der Waals surface area (Å²) in [4.78, 5) is 5.79. The monoisotopic (exact) mass is 329 g/mol. The minimum atomic E-state index is 0.158. The highest BCUT2D eigenvalue weighted by Crippen LogP contribution is 2.24. The number of nitrogens with one attached hydrogen (secondary N) is 1. The predicted octanol–water partition coefficient (Wildman–Crippen LogP) is 1.71. The lowest BCUT2D eigenvalue weighted by molar-refractivity contribution is -0.890. The zero-order chi connectivity index (χ0) is 17.5. The van der Waals surface area contributed by atoms with E-state index in [1.54, 1.807) is 38.6 Å². The van der Waals surface area contributed by atoms with E-state index in [1.165, 1.54) is 4.90 Å². The average molecular weight is 329 g/mol. The number of para-hydroxylation sites is 1. The largest absolute Gasteiger partial charge is 0.507 e. The Balaban J connectivity index is 2.20. The Morgan fingerprint density at radius 1 is 1.12 bits per heavy atom. The molecule has 0 aliphatic rings. The summed E-state index contributed by atoms with van der Waals surface area (Å²) in [7, 11) is 7.46. The molecule has 128 valence electrons. The van der Waals surface area contributed by atoms with E-state index in [1.807, 2.05) is 18.2 Å². The molecule has 0 aromatic heterocycles. The maximum absolute atomic E-state index is 9.93. The highest BCUT2D eigenvalue weighted by Gasteiger charge is 2.20. The van der Waals surface area contributed by atoms with Gasteiger partial charge in [0, 0.05) is 11.8 Å². The molecule has 0 spiro atoms. The van der Waals surface area contributed by atoms with Crippen molar-refractivity contribution < 1.29 is 19.5 Å². The van der Waals surface area contributed by atoms with Gasteiger partial charge in [-0.3, -0.25) is 4.99 Å². The smallest absolute Gasteiger partial charge is 0.136 e. The normalized spacial score (nSPS) is 12.5. The maximum atomic E-state index is 9.93. The Morgan fingerprint density at radius 3 is 2.54 bits per heavy atom. The summed E-state index contributed by atoms with van der Waals surface area (Å²) in [6.45, 7) is 0.583. The minimum absolute atomic E-state index is 0.158. The van der Waals surface area contributed by atoms with E-state index in [9.17, 15) is 5.11 Å². The van der Waals surface area contributed by atoms with Gasteiger partial charge in [0.2, 0.25) is 0 Å². The second-order valence-electron chi connectivity index (χ2n) is 5.79. The average Bonchev–Trinajstić information content (AvgIpc) is 2.60. The van der Waals surface area contributed by atoms with Gasteiger partial charge in [0.25, 0.3) is 0 Å². The fourth-order valence-electron chi connectivity index (χ4n) is 2.57. The second-order valence-corrected chi connectivity index (χ2v) is 5.79. The van der Waals surface area contributed by atoms with Crippen LogP contribution in [-0.2, 0) is 0 Å². The number of benzene rings is 2. The van der Waals surface area contributed by atoms with Crippen molar-refractivity contribution in [3.63, 3.8) is 0 Å². The molecule has 0 amide bonds. The highest BCUT2D eigenvalue weighted by atomic mass is 16.5. The summed E-state index contributed by atoms with van der Waals surface area (Å²) in [6, 6.07) is 13.2. The van der Waals surface area contributed by atoms with Crippen molar-refractivity contribution in [1.82, 2.24) is 0 Å². The molecule has 0 saturated heterocycles. The summed E-state index contributed by atoms with van der Waals surface area (Å²) in [6.07, 6.45) is 1.68. The first-order valence-electron chi connectivity index (χ1n) is 7.86. The van der Waals surface area contributed by atoms with E-state index in [0.717, 1.165) is 11.3 Å². The van der Waals surface area contributed by atoms with Gasteiger partial charge in [-0.15, -0.1) is 0 Å². The van der Waals surface area contributed by atoms with Gasteiger partial charge >= 0.3 is 0 Å². The van der Waals surface area contributed by atoms with Crippen LogP contribution < -0.4 is 14.4 Å². The van der Waals surface area contributed by atoms with E-state index in [-0.39, 0.29) is 11.8 Å². The van der Waals surface area contributed by atoms with Crippen LogP contribution in [0.4, 0.5) is 0 Å². The first-order chi connectivity index (χ1) is 11.6. The zero-order valence-corrected chi connectivity index (χ0v) is 14.6. The van der Waals surface area contributed by atoms with Crippen LogP contribution in [0.25, 0.3) is 0 Å². The highest BCUT2D eigenvalue weighted by molar-refractivity contribution is 5.84. The number of nitrogens with zero attached hydrogens (tertiary/aromatic N) is 1. The fourth-order valence-corrected chi connectivity index (χ4v) is 2.57. The Bertz CT molecular complexity index is 699. The van der Waals surface area contributed by atoms with Crippen LogP contribution in [0.3, 0.4) is 0 Å². The lowest BCUT2D eigenvalue weighted by atomic mass is 10.0. The molecule has 2 rings (SSSR count). The standard InChI is InChI=1S/C19H24N2O3/c1-21(2)17(16-7-5-6-8-19(16)24-4)13-20-12-14-11-15(23-3)9-10-18(14)22/h5-12,17,22H,13H2,1-4H3/p+1/t17-/m1/s1. The number of ether oxygens (including phenoxy) is 2. The molecule has 0 fully saturated rings. The molecular formula is C19H25N2O3+. The van der Waals surface area contributed by atoms with Crippen molar-refractivity contribution in [3.05, 3.63) is 53.6 Å². The number of aromatic hydroxyl groups is 1. The molecule has 24 heavy (non-hydrogen) atoms. The Labute approximate surface area is 143 Å². The van der Waals surface area contributed by atoms with Gasteiger partial charge in [-0.1, -0.05) is 12.1 Å². The Kier molecular flexibility index (Phi) is 6.21. The number of aliphatic imine (C=N–C) groups is 1. The molecule has 0 aliphatic heterocycles. The summed E-state index contributed by atoms with van der Waals surface area (Å²) in [5.41, 5.74) is 1.76. The number of hydrogen-bond acceptors (Lipinski definition) is 4. The Hall–Kier alpha value is -2.53. The third-order valence-corrected chi connectivity index (χ3v) is 3.96. The third kappa shape index (κ3) is 4.26. The van der Waals surface area contributed by atoms with Crippen molar-refractivity contribution in [1.29, 1.82) is 0 Å². The Morgan fingerprint density at radius 2 is 1.88 bits per heavy atom. The molecule has 5 heteroatoms. The van der Waals surface area contributed by atoms with Gasteiger partial charge < -0.3 is 19.5 Å². The number of likely N-dealkylation sites (N-methyl/N-ethyl adjacent to an activating group) is 1. The molecule has 2 N–H and O–H groups in total. The van der Waals surface area contributed by atoms with Gasteiger partial charge in [-0.05, 0) is 30.3 Å². The van der Waals surface area contributed by atoms with Crippen LogP contribution in [0.1, 0.15) is 17.2 Å². The summed E-state index contributed by atoms with van der Waals surface area (Å²) < 4.78 is 10.7. The molecule has 2 aromatic carbocycles. The van der Waals surface area contributed by atoms with E-state index in [4.69, 9.17) is 9.47 Å². The van der Waals surface area contributed by atoms with Crippen molar-refractivity contribution >= 4 is 6.21 Å². The number of phenolic OH excluding ortho intramolecular Hbond substituents is 1. The number of methoxy groups -OCH3 is 2. The van der Waals surface area contributed by atoms with Gasteiger partial charge in [-0.25, -0.2) is 0 Å². The molecule has 0 unspecified atom stereocenters. The van der Waals surface area contributed by atoms with Crippen molar-refractivity contribution in [3.8, 4) is 17.2 Å². The van der Waals surface area contributed by atoms with E-state index in [2.05, 4.69) is 25.2 Å². The van der Waals surface area contributed by atoms with Crippen LogP contribution in [-0.4, -0.2) is 46.2 Å². The fraction of sp³-hybridized carbons (Fsp3) is 0.316. The number of rotatable bonds is 7. The van der Waals surface area contributed by atoms with Gasteiger partial charge in [-0.2, -0.15) is 0 Å². The summed E-state index contributed by atoms with van der Waals surface area (Å²) in [5, 5.41) is 9.93. The molecule has 0 heterocycles. The first kappa shape index (κ1) is 17.8. The number of quaternary nitrogens is 1. The molecule has 0 aliphatic carbocycles. The van der Waals surface area contributed by atoms with Gasteiger partial charge in [0.15, 0.2) is 0 Å². The predicted molar refractivity (Wildman–Crippen MR) is 95.7 cm³/mol. The molecule has 0 bridgehead atoms. The van der Waals surface area contributed by atoms with Crippen LogP contribution >= 0.6 is 0 Å². The lowest BCUT2D eigenvalue weighted by Crippen LogP contribution is -3.06. The minimum Gasteiger partial charge on any atom is -0.507 e. The summed E-state index contributed by atoms with van der Waals surface area (Å²) in [5.74, 6) is 1.74. The third-order valence-electron chi connectivity index (χ3n) is 3.96. The lowest BCUT2D eigenvalue weighted by Gasteiger charge is -2.21. The molecule has 5 nitrogen and oxygen atoms in total. The van der Waals surface area contributed by atoms with Crippen LogP contribution in [0.5, 0.6) is 17.2 Å². The molecule has 0 saturated carbocycles. The maximum Gasteiger partial charge on any atom is 0.136 e. The molecular weight excluding hydrogens is 304 g/mol. The SMILES string of the molecule is COc1ccc(O)c(C=NC[C@H](c2ccccc2OC)[NH+](C)C)c1. The first-order valence-corrected chi connectivity index (χ1v) is 7.86. The molecule has 0 radical (unpaired) electrons. The summed E-state index contributed by atoms with van der Waals surface area (Å²) >= 11 is 0. The van der Waals surface area contributed by atoms with Crippen LogP contribution in [0.2, 0.25) is 0 Å². The topological polar surface area (TPSA) is 55.5 Å². The number of phenols is 1. The van der Waals surface area contributed by atoms with Gasteiger partial charge in [0.05, 0.1) is 40.4 Å². The van der Waals surface area contributed by atoms with Crippen molar-refractivity contribution in [2.75, 3.05) is 34.9 Å². The van der Waals surface area contributed by atoms with E-state index in [0.29, 0.717) is 17.9 Å². The van der Waals surface area contributed by atoms with Crippen molar-refractivity contribution in [2.45, 2.75) is 6.04 Å². The molecule has 2 aromatic rings. The number of hydrogen-bond donors (Lipinski definition) is 2. The quantitative estimate of drug-likeness (QED) is 0.761.